The molecule has 0 saturated heterocycles. The van der Waals surface area contributed by atoms with E-state index in [1.807, 2.05) is 30.3 Å². The van der Waals surface area contributed by atoms with E-state index in [0.717, 1.165) is 16.5 Å². The third kappa shape index (κ3) is 6.45. The van der Waals surface area contributed by atoms with Gasteiger partial charge in [-0.3, -0.25) is 24.4 Å². The van der Waals surface area contributed by atoms with E-state index in [4.69, 9.17) is 9.47 Å². The third-order valence-corrected chi connectivity index (χ3v) is 7.26. The maximum absolute atomic E-state index is 13.4. The number of para-hydroxylation sites is 1. The molecule has 5 N–H and O–H groups in total. The molecule has 2 amide bonds. The second-order valence-electron chi connectivity index (χ2n) is 10.6. The highest BCUT2D eigenvalue weighted by Crippen LogP contribution is 2.33. The van der Waals surface area contributed by atoms with Crippen molar-refractivity contribution in [2.24, 2.45) is 5.92 Å². The average molecular weight is 585 g/mol. The topological polar surface area (TPSA) is 163 Å². The van der Waals surface area contributed by atoms with Gasteiger partial charge < -0.3 is 30.3 Å². The van der Waals surface area contributed by atoms with Crippen LogP contribution in [0.1, 0.15) is 53.4 Å². The molecule has 0 radical (unpaired) electrons. The largest absolute Gasteiger partial charge is 0.494 e. The Morgan fingerprint density at radius 3 is 2.53 bits per heavy atom. The lowest BCUT2D eigenvalue weighted by Crippen LogP contribution is -2.45. The Labute approximate surface area is 247 Å². The van der Waals surface area contributed by atoms with E-state index in [-0.39, 0.29) is 36.1 Å². The van der Waals surface area contributed by atoms with E-state index in [9.17, 15) is 24.6 Å². The van der Waals surface area contributed by atoms with Gasteiger partial charge in [-0.25, -0.2) is 0 Å². The zero-order valence-electron chi connectivity index (χ0n) is 23.9. The number of hydrogen-bond acceptors (Lipinski definition) is 8. The van der Waals surface area contributed by atoms with Crippen molar-refractivity contribution < 1.29 is 34.1 Å². The molecular formula is C32H32N4O7. The number of nitrogens with one attached hydrogen (secondary N) is 3. The lowest BCUT2D eigenvalue weighted by Gasteiger charge is -2.24. The number of amides is 2. The number of nitrogens with zero attached hydrogens (tertiary/aromatic N) is 1. The first-order valence-corrected chi connectivity index (χ1v) is 13.8. The number of hydrogen-bond donors (Lipinski definition) is 5. The highest BCUT2D eigenvalue weighted by atomic mass is 16.7. The van der Waals surface area contributed by atoms with E-state index in [1.165, 1.54) is 13.0 Å². The van der Waals surface area contributed by atoms with Crippen molar-refractivity contribution in [1.29, 1.82) is 0 Å². The molecule has 0 saturated carbocycles. The van der Waals surface area contributed by atoms with Gasteiger partial charge in [0.05, 0.1) is 29.6 Å². The molecule has 2 aromatic heterocycles. The molecule has 1 unspecified atom stereocenters. The summed E-state index contributed by atoms with van der Waals surface area (Å²) in [5, 5.41) is 26.6. The Hall–Kier alpha value is -5.32. The van der Waals surface area contributed by atoms with Crippen molar-refractivity contribution in [2.75, 3.05) is 6.79 Å². The van der Waals surface area contributed by atoms with Gasteiger partial charge in [0, 0.05) is 23.2 Å². The number of pyridine rings is 1. The summed E-state index contributed by atoms with van der Waals surface area (Å²) in [6.07, 6.45) is 4.41. The predicted octanol–water partition coefficient (Wildman–Crippen LogP) is 4.30. The molecule has 2 aromatic carbocycles. The SMILES string of the molecule is Cc1c(O)[nH]c(O)c1C(=O)[C@@H](NC(=O)CC(NC(=O)C=Cc1ccc2c(c1)OCO2)c1cnc2ccccc2c1)C(C)C. The number of carbonyl (C=O) groups is 3. The summed E-state index contributed by atoms with van der Waals surface area (Å²) in [5.41, 5.74) is 2.19. The number of rotatable bonds is 10. The summed E-state index contributed by atoms with van der Waals surface area (Å²) in [6.45, 7) is 5.15. The van der Waals surface area contributed by atoms with Crippen LogP contribution in [-0.4, -0.2) is 50.6 Å². The molecule has 1 aliphatic heterocycles. The summed E-state index contributed by atoms with van der Waals surface area (Å²) in [7, 11) is 0. The summed E-state index contributed by atoms with van der Waals surface area (Å²) in [4.78, 5) is 46.6. The minimum Gasteiger partial charge on any atom is -0.494 e. The van der Waals surface area contributed by atoms with Gasteiger partial charge in [-0.05, 0) is 54.3 Å². The van der Waals surface area contributed by atoms with Gasteiger partial charge in [0.25, 0.3) is 0 Å². The maximum Gasteiger partial charge on any atom is 0.244 e. The highest BCUT2D eigenvalue weighted by molar-refractivity contribution is 6.05. The van der Waals surface area contributed by atoms with Gasteiger partial charge in [-0.2, -0.15) is 0 Å². The molecule has 11 heteroatoms. The molecule has 0 fully saturated rings. The monoisotopic (exact) mass is 584 g/mol. The van der Waals surface area contributed by atoms with Crippen LogP contribution in [0.5, 0.6) is 23.3 Å². The lowest BCUT2D eigenvalue weighted by molar-refractivity contribution is -0.123. The molecule has 222 valence electrons. The van der Waals surface area contributed by atoms with Gasteiger partial charge >= 0.3 is 0 Å². The van der Waals surface area contributed by atoms with Gasteiger partial charge in [0.15, 0.2) is 23.2 Å². The third-order valence-electron chi connectivity index (χ3n) is 7.26. The quantitative estimate of drug-likeness (QED) is 0.136. The summed E-state index contributed by atoms with van der Waals surface area (Å²) >= 11 is 0. The fraction of sp³-hybridized carbons (Fsp3) is 0.250. The molecule has 2 atom stereocenters. The number of aromatic amines is 1. The van der Waals surface area contributed by atoms with Crippen LogP contribution in [0.15, 0.2) is 60.8 Å². The lowest BCUT2D eigenvalue weighted by atomic mass is 9.93. The maximum atomic E-state index is 13.4. The Bertz CT molecular complexity index is 1730. The second kappa shape index (κ2) is 12.3. The molecule has 0 spiro atoms. The number of ketones is 1. The van der Waals surface area contributed by atoms with Crippen molar-refractivity contribution in [2.45, 2.75) is 39.3 Å². The zero-order chi connectivity index (χ0) is 30.7. The average Bonchev–Trinajstić information content (AvgIpc) is 3.56. The molecule has 4 aromatic rings. The molecule has 5 rings (SSSR count). The van der Waals surface area contributed by atoms with Gasteiger partial charge in [0.2, 0.25) is 24.5 Å². The summed E-state index contributed by atoms with van der Waals surface area (Å²) in [6, 6.07) is 12.9. The molecule has 1 aliphatic rings. The number of aromatic nitrogens is 2. The molecule has 3 heterocycles. The van der Waals surface area contributed by atoms with Crippen LogP contribution in [0.2, 0.25) is 0 Å². The fourth-order valence-electron chi connectivity index (χ4n) is 4.91. The van der Waals surface area contributed by atoms with E-state index in [2.05, 4.69) is 20.6 Å². The van der Waals surface area contributed by atoms with Crippen molar-refractivity contribution in [3.8, 4) is 23.3 Å². The van der Waals surface area contributed by atoms with E-state index in [0.29, 0.717) is 17.1 Å². The van der Waals surface area contributed by atoms with Crippen molar-refractivity contribution in [1.82, 2.24) is 20.6 Å². The van der Waals surface area contributed by atoms with Gasteiger partial charge in [-0.15, -0.1) is 0 Å². The van der Waals surface area contributed by atoms with Crippen molar-refractivity contribution in [3.63, 3.8) is 0 Å². The van der Waals surface area contributed by atoms with Crippen LogP contribution in [0.25, 0.3) is 17.0 Å². The van der Waals surface area contributed by atoms with Crippen molar-refractivity contribution >= 4 is 34.6 Å². The Morgan fingerprint density at radius 2 is 1.79 bits per heavy atom. The molecular weight excluding hydrogens is 552 g/mol. The van der Waals surface area contributed by atoms with Crippen LogP contribution >= 0.6 is 0 Å². The first-order valence-electron chi connectivity index (χ1n) is 13.8. The Kier molecular flexibility index (Phi) is 8.33. The van der Waals surface area contributed by atoms with Gasteiger partial charge in [-0.1, -0.05) is 38.1 Å². The number of ether oxygens (including phenoxy) is 2. The number of Topliss-reactive ketones (excluding diaryl/α,β-unsaturated/α-hetero) is 1. The highest BCUT2D eigenvalue weighted by Gasteiger charge is 2.31. The Morgan fingerprint density at radius 1 is 1.02 bits per heavy atom. The van der Waals surface area contributed by atoms with Crippen LogP contribution in [0, 0.1) is 12.8 Å². The van der Waals surface area contributed by atoms with Crippen LogP contribution < -0.4 is 20.1 Å². The summed E-state index contributed by atoms with van der Waals surface area (Å²) < 4.78 is 10.7. The summed E-state index contributed by atoms with van der Waals surface area (Å²) in [5.74, 6) is -1.40. The minimum absolute atomic E-state index is 0.0891. The Balaban J connectivity index is 1.36. The van der Waals surface area contributed by atoms with Crippen molar-refractivity contribution in [3.05, 3.63) is 83.1 Å². The first-order chi connectivity index (χ1) is 20.6. The number of fused-ring (bicyclic) bond motifs is 2. The van der Waals surface area contributed by atoms with E-state index in [1.54, 1.807) is 44.3 Å². The minimum atomic E-state index is -0.996. The van der Waals surface area contributed by atoms with E-state index >= 15 is 0 Å². The molecule has 11 nitrogen and oxygen atoms in total. The number of carbonyl (C=O) groups excluding carboxylic acids is 3. The first kappa shape index (κ1) is 29.2. The molecule has 0 aliphatic carbocycles. The normalized spacial score (nSPS) is 13.8. The van der Waals surface area contributed by atoms with E-state index < -0.39 is 35.6 Å². The molecule has 0 bridgehead atoms. The standard InChI is InChI=1S/C32H32N4O7/c1-17(2)29(30(39)28-18(3)31(40)36-32(28)41)35-27(38)14-23(21-13-20-6-4-5-7-22(20)33-15-21)34-26(37)11-9-19-8-10-24-25(12-19)43-16-42-24/h4-13,15,17,23,29,36,40-41H,14,16H2,1-3H3,(H,34,37)(H,35,38)/t23?,29-/m0/s1. The van der Waals surface area contributed by atoms with Crippen LogP contribution in [0.4, 0.5) is 0 Å². The predicted molar refractivity (Wildman–Crippen MR) is 159 cm³/mol. The smallest absolute Gasteiger partial charge is 0.244 e. The zero-order valence-corrected chi connectivity index (χ0v) is 23.9. The number of aromatic hydroxyl groups is 2. The number of benzene rings is 2. The second-order valence-corrected chi connectivity index (χ2v) is 10.6. The molecule has 43 heavy (non-hydrogen) atoms. The fourth-order valence-corrected chi connectivity index (χ4v) is 4.91. The van der Waals surface area contributed by atoms with Crippen LogP contribution in [-0.2, 0) is 9.59 Å². The van der Waals surface area contributed by atoms with Gasteiger partial charge in [0.1, 0.15) is 0 Å². The number of H-pyrrole nitrogens is 1. The van der Waals surface area contributed by atoms with Crippen LogP contribution in [0.3, 0.4) is 0 Å².